The Morgan fingerprint density at radius 2 is 2.00 bits per heavy atom. The van der Waals surface area contributed by atoms with Gasteiger partial charge in [0.15, 0.2) is 0 Å². The zero-order valence-electron chi connectivity index (χ0n) is 10.3. The third kappa shape index (κ3) is 2.77. The van der Waals surface area contributed by atoms with E-state index in [-0.39, 0.29) is 22.5 Å². The first-order chi connectivity index (χ1) is 10.0. The number of aromatic nitrogens is 2. The molecule has 3 aromatic rings. The summed E-state index contributed by atoms with van der Waals surface area (Å²) in [6, 6.07) is 8.80. The van der Waals surface area contributed by atoms with E-state index >= 15 is 0 Å². The van der Waals surface area contributed by atoms with E-state index in [4.69, 9.17) is 16.1 Å². The van der Waals surface area contributed by atoms with Crippen LogP contribution in [0.5, 0.6) is 5.75 Å². The standard InChI is InChI=1S/C14H7BrClFN2O2/c15-10-4-1-7(5-12(10)20)14-18-13(19-21-14)9-3-2-8(17)6-11(9)16/h1-6,20H. The maximum Gasteiger partial charge on any atom is 0.258 e. The van der Waals surface area contributed by atoms with Gasteiger partial charge in [-0.2, -0.15) is 4.98 Å². The molecule has 7 heteroatoms. The highest BCUT2D eigenvalue weighted by molar-refractivity contribution is 9.10. The summed E-state index contributed by atoms with van der Waals surface area (Å²) in [7, 11) is 0. The lowest BCUT2D eigenvalue weighted by molar-refractivity contribution is 0.431. The molecule has 0 unspecified atom stereocenters. The summed E-state index contributed by atoms with van der Waals surface area (Å²) in [6.07, 6.45) is 0. The van der Waals surface area contributed by atoms with Gasteiger partial charge in [0, 0.05) is 11.1 Å². The maximum absolute atomic E-state index is 13.0. The molecule has 0 amide bonds. The largest absolute Gasteiger partial charge is 0.507 e. The van der Waals surface area contributed by atoms with Gasteiger partial charge in [-0.1, -0.05) is 16.8 Å². The van der Waals surface area contributed by atoms with Crippen LogP contribution in [-0.4, -0.2) is 15.2 Å². The summed E-state index contributed by atoms with van der Waals surface area (Å²) < 4.78 is 18.7. The van der Waals surface area contributed by atoms with Crippen molar-refractivity contribution in [2.75, 3.05) is 0 Å². The highest BCUT2D eigenvalue weighted by Crippen LogP contribution is 2.31. The lowest BCUT2D eigenvalue weighted by Crippen LogP contribution is -1.84. The van der Waals surface area contributed by atoms with Gasteiger partial charge in [0.2, 0.25) is 5.82 Å². The Morgan fingerprint density at radius 1 is 1.19 bits per heavy atom. The zero-order chi connectivity index (χ0) is 15.0. The van der Waals surface area contributed by atoms with Gasteiger partial charge in [-0.25, -0.2) is 4.39 Å². The Labute approximate surface area is 132 Å². The number of phenolic OH excluding ortho intramolecular Hbond substituents is 1. The fourth-order valence-corrected chi connectivity index (χ4v) is 2.27. The Morgan fingerprint density at radius 3 is 2.71 bits per heavy atom. The van der Waals surface area contributed by atoms with Crippen LogP contribution in [-0.2, 0) is 0 Å². The Bertz CT molecular complexity index is 822. The van der Waals surface area contributed by atoms with Crippen molar-refractivity contribution in [3.05, 3.63) is 51.7 Å². The predicted octanol–water partition coefficient (Wildman–Crippen LogP) is 4.66. The SMILES string of the molecule is Oc1cc(-c2nc(-c3ccc(F)cc3Cl)no2)ccc1Br. The van der Waals surface area contributed by atoms with E-state index in [0.717, 1.165) is 0 Å². The molecule has 0 aliphatic rings. The molecular weight excluding hydrogens is 363 g/mol. The normalized spacial score (nSPS) is 10.8. The molecular formula is C14H7BrClFN2O2. The van der Waals surface area contributed by atoms with Crippen LogP contribution in [0.4, 0.5) is 4.39 Å². The van der Waals surface area contributed by atoms with Crippen molar-refractivity contribution in [2.45, 2.75) is 0 Å². The molecule has 0 fully saturated rings. The molecule has 3 rings (SSSR count). The average molecular weight is 370 g/mol. The van der Waals surface area contributed by atoms with Gasteiger partial charge in [-0.3, -0.25) is 0 Å². The highest BCUT2D eigenvalue weighted by Gasteiger charge is 2.14. The van der Waals surface area contributed by atoms with Gasteiger partial charge in [-0.15, -0.1) is 0 Å². The minimum atomic E-state index is -0.440. The molecule has 106 valence electrons. The van der Waals surface area contributed by atoms with E-state index in [1.54, 1.807) is 12.1 Å². The van der Waals surface area contributed by atoms with Crippen LogP contribution in [0.25, 0.3) is 22.8 Å². The van der Waals surface area contributed by atoms with Gasteiger partial charge in [-0.05, 0) is 52.3 Å². The quantitative estimate of drug-likeness (QED) is 0.713. The predicted molar refractivity (Wildman–Crippen MR) is 79.5 cm³/mol. The number of benzene rings is 2. The van der Waals surface area contributed by atoms with Crippen molar-refractivity contribution in [3.63, 3.8) is 0 Å². The van der Waals surface area contributed by atoms with Crippen LogP contribution in [0.3, 0.4) is 0 Å². The zero-order valence-corrected chi connectivity index (χ0v) is 12.7. The van der Waals surface area contributed by atoms with E-state index < -0.39 is 5.82 Å². The first-order valence-electron chi connectivity index (χ1n) is 5.82. The summed E-state index contributed by atoms with van der Waals surface area (Å²) in [6.45, 7) is 0. The summed E-state index contributed by atoms with van der Waals surface area (Å²) in [5.74, 6) is 0.1000. The van der Waals surface area contributed by atoms with Crippen LogP contribution < -0.4 is 0 Å². The Balaban J connectivity index is 2.01. The molecule has 0 saturated carbocycles. The second-order valence-electron chi connectivity index (χ2n) is 4.21. The van der Waals surface area contributed by atoms with Crippen molar-refractivity contribution in [1.29, 1.82) is 0 Å². The van der Waals surface area contributed by atoms with E-state index in [9.17, 15) is 9.50 Å². The van der Waals surface area contributed by atoms with Crippen LogP contribution in [0, 0.1) is 5.82 Å². The molecule has 0 aliphatic heterocycles. The van der Waals surface area contributed by atoms with Crippen molar-refractivity contribution in [2.24, 2.45) is 0 Å². The summed E-state index contributed by atoms with van der Waals surface area (Å²) in [5.41, 5.74) is 1.03. The third-order valence-electron chi connectivity index (χ3n) is 2.79. The molecule has 0 aliphatic carbocycles. The molecule has 1 aromatic heterocycles. The highest BCUT2D eigenvalue weighted by atomic mass is 79.9. The number of phenols is 1. The van der Waals surface area contributed by atoms with E-state index in [0.29, 0.717) is 15.6 Å². The minimum absolute atomic E-state index is 0.0621. The van der Waals surface area contributed by atoms with Crippen molar-refractivity contribution < 1.29 is 14.0 Å². The molecule has 21 heavy (non-hydrogen) atoms. The molecule has 0 spiro atoms. The summed E-state index contributed by atoms with van der Waals surface area (Å²) in [5, 5.41) is 13.7. The van der Waals surface area contributed by atoms with E-state index in [2.05, 4.69) is 26.1 Å². The lowest BCUT2D eigenvalue weighted by atomic mass is 10.2. The van der Waals surface area contributed by atoms with Gasteiger partial charge in [0.1, 0.15) is 11.6 Å². The third-order valence-corrected chi connectivity index (χ3v) is 3.77. The number of hydrogen-bond donors (Lipinski definition) is 1. The Hall–Kier alpha value is -1.92. The number of aromatic hydroxyl groups is 1. The molecule has 2 aromatic carbocycles. The second kappa shape index (κ2) is 5.46. The molecule has 1 N–H and O–H groups in total. The minimum Gasteiger partial charge on any atom is -0.507 e. The summed E-state index contributed by atoms with van der Waals surface area (Å²) in [4.78, 5) is 4.20. The van der Waals surface area contributed by atoms with E-state index in [1.165, 1.54) is 24.3 Å². The molecule has 0 bridgehead atoms. The summed E-state index contributed by atoms with van der Waals surface area (Å²) >= 11 is 9.15. The number of halogens is 3. The smallest absolute Gasteiger partial charge is 0.258 e. The number of hydrogen-bond acceptors (Lipinski definition) is 4. The first-order valence-corrected chi connectivity index (χ1v) is 7.00. The first kappa shape index (κ1) is 14.0. The van der Waals surface area contributed by atoms with Gasteiger partial charge in [0.25, 0.3) is 5.89 Å². The van der Waals surface area contributed by atoms with Crippen LogP contribution in [0.1, 0.15) is 0 Å². The molecule has 0 saturated heterocycles. The molecule has 0 atom stereocenters. The molecule has 1 heterocycles. The van der Waals surface area contributed by atoms with Crippen LogP contribution in [0.2, 0.25) is 5.02 Å². The van der Waals surface area contributed by atoms with Gasteiger partial charge in [0.05, 0.1) is 9.50 Å². The molecule has 0 radical (unpaired) electrons. The van der Waals surface area contributed by atoms with Crippen molar-refractivity contribution >= 4 is 27.5 Å². The van der Waals surface area contributed by atoms with Crippen molar-refractivity contribution in [3.8, 4) is 28.6 Å². The maximum atomic E-state index is 13.0. The monoisotopic (exact) mass is 368 g/mol. The van der Waals surface area contributed by atoms with Crippen molar-refractivity contribution in [1.82, 2.24) is 10.1 Å². The van der Waals surface area contributed by atoms with E-state index in [1.807, 2.05) is 0 Å². The topological polar surface area (TPSA) is 59.2 Å². The average Bonchev–Trinajstić information content (AvgIpc) is 2.91. The Kier molecular flexibility index (Phi) is 3.65. The van der Waals surface area contributed by atoms with Gasteiger partial charge < -0.3 is 9.63 Å². The van der Waals surface area contributed by atoms with Gasteiger partial charge >= 0.3 is 0 Å². The number of rotatable bonds is 2. The number of nitrogens with zero attached hydrogens (tertiary/aromatic N) is 2. The lowest BCUT2D eigenvalue weighted by Gasteiger charge is -1.99. The fraction of sp³-hybridized carbons (Fsp3) is 0. The fourth-order valence-electron chi connectivity index (χ4n) is 1.77. The van der Waals surface area contributed by atoms with Crippen LogP contribution in [0.15, 0.2) is 45.4 Å². The second-order valence-corrected chi connectivity index (χ2v) is 5.48. The van der Waals surface area contributed by atoms with Crippen LogP contribution >= 0.6 is 27.5 Å². The molecule has 4 nitrogen and oxygen atoms in total.